The lowest BCUT2D eigenvalue weighted by Crippen LogP contribution is -2.52. The summed E-state index contributed by atoms with van der Waals surface area (Å²) in [5, 5.41) is 10.8. The molecule has 1 fully saturated rings. The smallest absolute Gasteiger partial charge is 0.244 e. The molecule has 21 heavy (non-hydrogen) atoms. The zero-order valence-corrected chi connectivity index (χ0v) is 11.8. The van der Waals surface area contributed by atoms with Crippen LogP contribution in [0.1, 0.15) is 24.0 Å². The van der Waals surface area contributed by atoms with E-state index in [-0.39, 0.29) is 18.6 Å². The molecule has 0 aliphatic carbocycles. The van der Waals surface area contributed by atoms with Gasteiger partial charge in [0.05, 0.1) is 17.4 Å². The Bertz CT molecular complexity index is 704. The Labute approximate surface area is 122 Å². The normalized spacial score (nSPS) is 18.9. The summed E-state index contributed by atoms with van der Waals surface area (Å²) in [7, 11) is -3.71. The fraction of sp³-hybridized carbons (Fsp3) is 0.308. The van der Waals surface area contributed by atoms with Gasteiger partial charge in [0, 0.05) is 6.42 Å². The van der Waals surface area contributed by atoms with E-state index in [1.54, 1.807) is 12.1 Å². The van der Waals surface area contributed by atoms with Crippen LogP contribution in [0.15, 0.2) is 24.3 Å². The molecular weight excluding hydrogens is 294 g/mol. The molecule has 1 unspecified atom stereocenters. The highest BCUT2D eigenvalue weighted by Gasteiger charge is 2.30. The van der Waals surface area contributed by atoms with Gasteiger partial charge in [-0.3, -0.25) is 14.9 Å². The van der Waals surface area contributed by atoms with Crippen LogP contribution in [0, 0.1) is 11.3 Å². The Balaban J connectivity index is 2.03. The molecular formula is C13H13N3O4S. The second kappa shape index (κ2) is 6.03. The fourth-order valence-corrected chi connectivity index (χ4v) is 3.33. The molecule has 1 atom stereocenters. The van der Waals surface area contributed by atoms with Crippen LogP contribution in [0.5, 0.6) is 0 Å². The van der Waals surface area contributed by atoms with Crippen LogP contribution in [-0.2, 0) is 25.4 Å². The molecule has 8 heteroatoms. The van der Waals surface area contributed by atoms with Crippen molar-refractivity contribution in [2.45, 2.75) is 24.6 Å². The number of hydrogen-bond acceptors (Lipinski definition) is 5. The first-order chi connectivity index (χ1) is 9.89. The van der Waals surface area contributed by atoms with E-state index in [1.807, 2.05) is 6.07 Å². The van der Waals surface area contributed by atoms with E-state index in [0.29, 0.717) is 11.1 Å². The number of nitrogens with one attached hydrogen (secondary N) is 2. The third-order valence-electron chi connectivity index (χ3n) is 3.00. The summed E-state index contributed by atoms with van der Waals surface area (Å²) in [6.07, 6.45) is 0.257. The largest absolute Gasteiger partial charge is 0.295 e. The lowest BCUT2D eigenvalue weighted by molar-refractivity contribution is -0.134. The van der Waals surface area contributed by atoms with Crippen molar-refractivity contribution < 1.29 is 18.0 Å². The number of sulfonamides is 1. The van der Waals surface area contributed by atoms with Gasteiger partial charge in [0.1, 0.15) is 6.04 Å². The van der Waals surface area contributed by atoms with E-state index in [9.17, 15) is 18.0 Å². The van der Waals surface area contributed by atoms with Crippen LogP contribution in [0.4, 0.5) is 0 Å². The Kier molecular flexibility index (Phi) is 4.35. The molecule has 0 spiro atoms. The summed E-state index contributed by atoms with van der Waals surface area (Å²) in [6, 6.07) is 7.15. The number of carbonyl (C=O) groups is 2. The molecule has 0 aromatic heterocycles. The number of nitrogens with zero attached hydrogens (tertiary/aromatic N) is 1. The van der Waals surface area contributed by atoms with Crippen LogP contribution < -0.4 is 10.0 Å². The molecule has 1 aromatic rings. The van der Waals surface area contributed by atoms with Crippen LogP contribution in [-0.4, -0.2) is 26.3 Å². The molecule has 1 aliphatic rings. The lowest BCUT2D eigenvalue weighted by Gasteiger charge is -2.21. The quantitative estimate of drug-likeness (QED) is 0.746. The molecule has 1 saturated heterocycles. The second-order valence-electron chi connectivity index (χ2n) is 4.69. The molecule has 1 heterocycles. The average Bonchev–Trinajstić information content (AvgIpc) is 2.42. The van der Waals surface area contributed by atoms with Crippen LogP contribution in [0.2, 0.25) is 0 Å². The maximum Gasteiger partial charge on any atom is 0.244 e. The van der Waals surface area contributed by atoms with Crippen molar-refractivity contribution in [2.75, 3.05) is 0 Å². The Morgan fingerprint density at radius 3 is 2.52 bits per heavy atom. The van der Waals surface area contributed by atoms with Gasteiger partial charge in [0.15, 0.2) is 0 Å². The van der Waals surface area contributed by atoms with Gasteiger partial charge < -0.3 is 0 Å². The number of piperidine rings is 1. The maximum atomic E-state index is 12.0. The van der Waals surface area contributed by atoms with Crippen molar-refractivity contribution in [2.24, 2.45) is 0 Å². The number of imide groups is 1. The van der Waals surface area contributed by atoms with E-state index in [4.69, 9.17) is 5.26 Å². The summed E-state index contributed by atoms with van der Waals surface area (Å²) in [6.45, 7) is 0. The molecule has 1 aliphatic heterocycles. The highest BCUT2D eigenvalue weighted by molar-refractivity contribution is 7.88. The molecule has 110 valence electrons. The number of benzene rings is 1. The van der Waals surface area contributed by atoms with Gasteiger partial charge >= 0.3 is 0 Å². The van der Waals surface area contributed by atoms with Gasteiger partial charge in [0.25, 0.3) is 0 Å². The van der Waals surface area contributed by atoms with E-state index in [2.05, 4.69) is 10.0 Å². The SMILES string of the molecule is N#Cc1ccc(CS(=O)(=O)NC2CCC(=O)NC2=O)cc1. The van der Waals surface area contributed by atoms with Crippen molar-refractivity contribution in [3.8, 4) is 6.07 Å². The molecule has 0 saturated carbocycles. The van der Waals surface area contributed by atoms with Crippen LogP contribution >= 0.6 is 0 Å². The topological polar surface area (TPSA) is 116 Å². The Morgan fingerprint density at radius 1 is 1.29 bits per heavy atom. The molecule has 7 nitrogen and oxygen atoms in total. The summed E-state index contributed by atoms with van der Waals surface area (Å²) < 4.78 is 26.3. The predicted octanol–water partition coefficient (Wildman–Crippen LogP) is -0.217. The van der Waals surface area contributed by atoms with Crippen molar-refractivity contribution >= 4 is 21.8 Å². The first-order valence-electron chi connectivity index (χ1n) is 6.22. The van der Waals surface area contributed by atoms with Gasteiger partial charge in [-0.2, -0.15) is 5.26 Å². The second-order valence-corrected chi connectivity index (χ2v) is 6.44. The molecule has 1 aromatic carbocycles. The molecule has 0 radical (unpaired) electrons. The molecule has 2 rings (SSSR count). The number of amides is 2. The molecule has 2 N–H and O–H groups in total. The first kappa shape index (κ1) is 15.2. The van der Waals surface area contributed by atoms with Gasteiger partial charge in [0.2, 0.25) is 21.8 Å². The summed E-state index contributed by atoms with van der Waals surface area (Å²) in [5.41, 5.74) is 0.947. The minimum atomic E-state index is -3.71. The molecule has 0 bridgehead atoms. The van der Waals surface area contributed by atoms with E-state index < -0.39 is 27.9 Å². The highest BCUT2D eigenvalue weighted by Crippen LogP contribution is 2.10. The Hall–Kier alpha value is -2.24. The third-order valence-corrected chi connectivity index (χ3v) is 4.36. The summed E-state index contributed by atoms with van der Waals surface area (Å²) in [4.78, 5) is 22.5. The zero-order chi connectivity index (χ0) is 15.5. The summed E-state index contributed by atoms with van der Waals surface area (Å²) >= 11 is 0. The minimum absolute atomic E-state index is 0.107. The number of hydrogen-bond donors (Lipinski definition) is 2. The standard InChI is InChI=1S/C13H13N3O4S/c14-7-9-1-3-10(4-2-9)8-21(19,20)16-11-5-6-12(17)15-13(11)18/h1-4,11,16H,5-6,8H2,(H,15,17,18). The predicted molar refractivity (Wildman–Crippen MR) is 73.1 cm³/mol. The lowest BCUT2D eigenvalue weighted by atomic mass is 10.1. The molecule has 2 amide bonds. The monoisotopic (exact) mass is 307 g/mol. The van der Waals surface area contributed by atoms with Crippen molar-refractivity contribution in [3.63, 3.8) is 0 Å². The van der Waals surface area contributed by atoms with Gasteiger partial charge in [-0.15, -0.1) is 0 Å². The van der Waals surface area contributed by atoms with E-state index in [0.717, 1.165) is 0 Å². The van der Waals surface area contributed by atoms with Crippen molar-refractivity contribution in [3.05, 3.63) is 35.4 Å². The van der Waals surface area contributed by atoms with E-state index in [1.165, 1.54) is 12.1 Å². The highest BCUT2D eigenvalue weighted by atomic mass is 32.2. The minimum Gasteiger partial charge on any atom is -0.295 e. The van der Waals surface area contributed by atoms with Crippen LogP contribution in [0.25, 0.3) is 0 Å². The van der Waals surface area contributed by atoms with Gasteiger partial charge in [-0.05, 0) is 24.1 Å². The fourth-order valence-electron chi connectivity index (χ4n) is 1.96. The summed E-state index contributed by atoms with van der Waals surface area (Å²) in [5.74, 6) is -1.33. The van der Waals surface area contributed by atoms with Gasteiger partial charge in [-0.1, -0.05) is 12.1 Å². The van der Waals surface area contributed by atoms with Crippen LogP contribution in [0.3, 0.4) is 0 Å². The number of carbonyl (C=O) groups excluding carboxylic acids is 2. The van der Waals surface area contributed by atoms with Gasteiger partial charge in [-0.25, -0.2) is 13.1 Å². The Morgan fingerprint density at radius 2 is 1.95 bits per heavy atom. The maximum absolute atomic E-state index is 12.0. The van der Waals surface area contributed by atoms with Crippen molar-refractivity contribution in [1.29, 1.82) is 5.26 Å². The first-order valence-corrected chi connectivity index (χ1v) is 7.87. The number of rotatable bonds is 4. The average molecular weight is 307 g/mol. The third kappa shape index (κ3) is 4.11. The van der Waals surface area contributed by atoms with E-state index >= 15 is 0 Å². The number of nitriles is 1. The zero-order valence-electron chi connectivity index (χ0n) is 11.0. The van der Waals surface area contributed by atoms with Crippen molar-refractivity contribution in [1.82, 2.24) is 10.0 Å².